The van der Waals surface area contributed by atoms with Crippen molar-refractivity contribution in [1.29, 1.82) is 0 Å². The van der Waals surface area contributed by atoms with E-state index >= 15 is 0 Å². The fourth-order valence-electron chi connectivity index (χ4n) is 4.55. The maximum absolute atomic E-state index is 13.2. The van der Waals surface area contributed by atoms with Crippen molar-refractivity contribution in [1.82, 2.24) is 15.0 Å². The first-order chi connectivity index (χ1) is 19.4. The summed E-state index contributed by atoms with van der Waals surface area (Å²) in [4.78, 5) is 29.3. The highest BCUT2D eigenvalue weighted by Gasteiger charge is 2.19. The Balaban J connectivity index is 1.46. The summed E-state index contributed by atoms with van der Waals surface area (Å²) < 4.78 is 11.9. The van der Waals surface area contributed by atoms with E-state index in [0.29, 0.717) is 36.3 Å². The van der Waals surface area contributed by atoms with Crippen molar-refractivity contribution in [2.45, 2.75) is 40.0 Å². The summed E-state index contributed by atoms with van der Waals surface area (Å²) in [6.07, 6.45) is 4.30. The van der Waals surface area contributed by atoms with Gasteiger partial charge in [-0.3, -0.25) is 4.79 Å². The van der Waals surface area contributed by atoms with Crippen LogP contribution in [0.2, 0.25) is 0 Å². The number of carbonyl (C=O) groups is 1. The number of hydrogen-bond donors (Lipinski definition) is 1. The number of aryl methyl sites for hydroxylation is 2. The third-order valence-electron chi connectivity index (χ3n) is 6.98. The Morgan fingerprint density at radius 3 is 2.67 bits per heavy atom. The van der Waals surface area contributed by atoms with Crippen molar-refractivity contribution in [2.75, 3.05) is 36.5 Å². The van der Waals surface area contributed by atoms with Gasteiger partial charge in [0.05, 0.1) is 36.4 Å². The van der Waals surface area contributed by atoms with Gasteiger partial charge < -0.3 is 19.7 Å². The van der Waals surface area contributed by atoms with E-state index in [2.05, 4.69) is 41.2 Å². The number of carbonyl (C=O) groups excluding carboxylic acids is 1. The van der Waals surface area contributed by atoms with Crippen LogP contribution in [0.25, 0.3) is 11.3 Å². The minimum atomic E-state index is -0.204. The summed E-state index contributed by atoms with van der Waals surface area (Å²) in [5.41, 5.74) is 5.80. The Kier molecular flexibility index (Phi) is 8.36. The summed E-state index contributed by atoms with van der Waals surface area (Å²) >= 11 is 0. The molecule has 3 heterocycles. The third kappa shape index (κ3) is 6.29. The third-order valence-corrected chi connectivity index (χ3v) is 6.98. The van der Waals surface area contributed by atoms with Crippen LogP contribution >= 0.6 is 0 Å². The van der Waals surface area contributed by atoms with Crippen molar-refractivity contribution >= 4 is 17.3 Å². The fourth-order valence-corrected chi connectivity index (χ4v) is 4.55. The molecule has 1 fully saturated rings. The highest BCUT2D eigenvalue weighted by atomic mass is 16.5. The number of hydrogen-bond acceptors (Lipinski definition) is 7. The maximum atomic E-state index is 13.2. The lowest BCUT2D eigenvalue weighted by Crippen LogP contribution is -2.36. The lowest BCUT2D eigenvalue weighted by atomic mass is 10.0. The molecule has 4 aromatic rings. The summed E-state index contributed by atoms with van der Waals surface area (Å²) in [5.74, 6) is 1.89. The van der Waals surface area contributed by atoms with E-state index in [0.717, 1.165) is 53.5 Å². The molecule has 0 atom stereocenters. The Morgan fingerprint density at radius 1 is 1.07 bits per heavy atom. The van der Waals surface area contributed by atoms with Crippen LogP contribution in [-0.4, -0.2) is 47.2 Å². The molecule has 0 aliphatic carbocycles. The molecule has 40 heavy (non-hydrogen) atoms. The average molecular weight is 538 g/mol. The zero-order chi connectivity index (χ0) is 28.1. The molecule has 0 spiro atoms. The number of anilines is 2. The fraction of sp³-hybridized carbons (Fsp3) is 0.312. The van der Waals surface area contributed by atoms with Gasteiger partial charge in [-0.15, -0.1) is 0 Å². The molecule has 5 rings (SSSR count). The second-order valence-electron chi connectivity index (χ2n) is 10.2. The summed E-state index contributed by atoms with van der Waals surface area (Å²) in [5, 5.41) is 3.01. The van der Waals surface area contributed by atoms with Gasteiger partial charge in [0, 0.05) is 37.0 Å². The number of benzene rings is 2. The topological polar surface area (TPSA) is 89.5 Å². The molecule has 1 amide bonds. The molecule has 1 aliphatic rings. The van der Waals surface area contributed by atoms with Gasteiger partial charge in [-0.1, -0.05) is 39.0 Å². The van der Waals surface area contributed by atoms with Crippen LogP contribution in [0.4, 0.5) is 11.4 Å². The summed E-state index contributed by atoms with van der Waals surface area (Å²) in [6, 6.07) is 17.3. The maximum Gasteiger partial charge on any atom is 0.255 e. The van der Waals surface area contributed by atoms with E-state index < -0.39 is 0 Å². The quantitative estimate of drug-likeness (QED) is 0.278. The van der Waals surface area contributed by atoms with E-state index in [-0.39, 0.29) is 5.91 Å². The highest BCUT2D eigenvalue weighted by Crippen LogP contribution is 2.35. The predicted octanol–water partition coefficient (Wildman–Crippen LogP) is 6.41. The van der Waals surface area contributed by atoms with E-state index in [4.69, 9.17) is 19.4 Å². The van der Waals surface area contributed by atoms with Gasteiger partial charge in [-0.2, -0.15) is 0 Å². The van der Waals surface area contributed by atoms with Crippen LogP contribution in [0.1, 0.15) is 54.0 Å². The first kappa shape index (κ1) is 27.3. The zero-order valence-corrected chi connectivity index (χ0v) is 23.5. The number of pyridine rings is 1. The number of nitrogens with zero attached hydrogens (tertiary/aromatic N) is 4. The molecule has 0 saturated carbocycles. The summed E-state index contributed by atoms with van der Waals surface area (Å²) in [7, 11) is 0. The Hall–Kier alpha value is -4.30. The zero-order valence-electron chi connectivity index (χ0n) is 23.5. The average Bonchev–Trinajstić information content (AvgIpc) is 2.99. The molecule has 206 valence electrons. The number of rotatable bonds is 8. The molecule has 1 saturated heterocycles. The molecule has 0 unspecified atom stereocenters. The molecule has 0 bridgehead atoms. The Morgan fingerprint density at radius 2 is 1.90 bits per heavy atom. The number of morpholine rings is 1. The standard InChI is InChI=1S/C32H35N5O3/c1-5-30-33-12-11-28(36-30)27-19-26(37-13-15-39-16-14-37)20-34-32(27)40-29-18-24(10-9-22(29)4)31(38)35-25-8-6-7-23(17-25)21(2)3/h6-12,17-21H,5,13-16H2,1-4H3,(H,35,38). The van der Waals surface area contributed by atoms with Gasteiger partial charge in [0.15, 0.2) is 0 Å². The minimum absolute atomic E-state index is 0.204. The van der Waals surface area contributed by atoms with Crippen LogP contribution in [0.3, 0.4) is 0 Å². The lowest BCUT2D eigenvalue weighted by molar-refractivity contribution is 0.102. The van der Waals surface area contributed by atoms with Crippen LogP contribution in [0.15, 0.2) is 67.0 Å². The van der Waals surface area contributed by atoms with Crippen molar-refractivity contribution in [3.05, 3.63) is 89.5 Å². The first-order valence-corrected chi connectivity index (χ1v) is 13.8. The molecule has 1 aliphatic heterocycles. The normalized spacial score (nSPS) is 13.4. The molecule has 8 heteroatoms. The van der Waals surface area contributed by atoms with Gasteiger partial charge in [0.25, 0.3) is 5.91 Å². The number of ether oxygens (including phenoxy) is 2. The van der Waals surface area contributed by atoms with Crippen LogP contribution in [0.5, 0.6) is 11.6 Å². The number of nitrogens with one attached hydrogen (secondary N) is 1. The molecular formula is C32H35N5O3. The smallest absolute Gasteiger partial charge is 0.255 e. The molecule has 1 N–H and O–H groups in total. The Labute approximate surface area is 235 Å². The van der Waals surface area contributed by atoms with Crippen LogP contribution < -0.4 is 15.0 Å². The largest absolute Gasteiger partial charge is 0.438 e. The number of amides is 1. The van der Waals surface area contributed by atoms with Crippen LogP contribution in [0, 0.1) is 6.92 Å². The molecule has 2 aromatic heterocycles. The van der Waals surface area contributed by atoms with Gasteiger partial charge in [-0.25, -0.2) is 15.0 Å². The number of aromatic nitrogens is 3. The van der Waals surface area contributed by atoms with Crippen LogP contribution in [-0.2, 0) is 11.2 Å². The molecule has 0 radical (unpaired) electrons. The lowest BCUT2D eigenvalue weighted by Gasteiger charge is -2.29. The predicted molar refractivity (Wildman–Crippen MR) is 157 cm³/mol. The molecule has 8 nitrogen and oxygen atoms in total. The van der Waals surface area contributed by atoms with Crippen molar-refractivity contribution < 1.29 is 14.3 Å². The molecular weight excluding hydrogens is 502 g/mol. The summed E-state index contributed by atoms with van der Waals surface area (Å²) in [6.45, 7) is 11.2. The first-order valence-electron chi connectivity index (χ1n) is 13.8. The second-order valence-corrected chi connectivity index (χ2v) is 10.2. The van der Waals surface area contributed by atoms with E-state index in [9.17, 15) is 4.79 Å². The minimum Gasteiger partial charge on any atom is -0.438 e. The van der Waals surface area contributed by atoms with Crippen molar-refractivity contribution in [3.8, 4) is 22.9 Å². The van der Waals surface area contributed by atoms with Gasteiger partial charge >= 0.3 is 0 Å². The second kappa shape index (κ2) is 12.3. The van der Waals surface area contributed by atoms with E-state index in [1.807, 2.05) is 50.4 Å². The van der Waals surface area contributed by atoms with E-state index in [1.165, 1.54) is 5.56 Å². The Bertz CT molecular complexity index is 1500. The van der Waals surface area contributed by atoms with Crippen molar-refractivity contribution in [2.24, 2.45) is 0 Å². The van der Waals surface area contributed by atoms with Crippen molar-refractivity contribution in [3.63, 3.8) is 0 Å². The highest BCUT2D eigenvalue weighted by molar-refractivity contribution is 6.04. The monoisotopic (exact) mass is 537 g/mol. The SMILES string of the molecule is CCc1nccc(-c2cc(N3CCOCC3)cnc2Oc2cc(C(=O)Nc3cccc(C(C)C)c3)ccc2C)n1. The van der Waals surface area contributed by atoms with E-state index in [1.54, 1.807) is 18.3 Å². The molecule has 2 aromatic carbocycles. The van der Waals surface area contributed by atoms with Gasteiger partial charge in [-0.05, 0) is 60.4 Å². The van der Waals surface area contributed by atoms with Gasteiger partial charge in [0.2, 0.25) is 5.88 Å². The van der Waals surface area contributed by atoms with Gasteiger partial charge in [0.1, 0.15) is 11.6 Å².